The van der Waals surface area contributed by atoms with Crippen LogP contribution in [0.1, 0.15) is 31.8 Å². The van der Waals surface area contributed by atoms with Crippen LogP contribution in [0.5, 0.6) is 5.75 Å². The number of aromatic nitrogens is 3. The molecule has 0 radical (unpaired) electrons. The normalized spacial score (nSPS) is 16.0. The maximum absolute atomic E-state index is 14.2. The Hall–Kier alpha value is -3.55. The number of anilines is 5. The number of ether oxygens (including phenoxy) is 2. The summed E-state index contributed by atoms with van der Waals surface area (Å²) in [6.45, 7) is 1.01. The number of benzene rings is 4. The molecule has 74 heavy (non-hydrogen) atoms. The molecular formula is C40H30N10Na4O16S4. The Labute approximate surface area is 509 Å². The molecule has 3 aliphatic rings. The molecule has 34 heteroatoms. The molecule has 2 heterocycles. The SMILES string of the molecule is COc1ccc(N/N=C2/C(=O)c3ccc(Nc4nc(N5CCOCC5)[nH]c(=Nc5cc(S(=O)(=O)[O-])cc6c5C(=O)/C(=N/Nc5ccccc5)C(S(=O)(=O)[O-])=C6)n4)cc3C=C2S(=O)(=O)[O-])c(S(=O)(=O)[O-])c1.[Na+].[Na+].[Na+].[Na+]. The first-order valence-corrected chi connectivity index (χ1v) is 25.3. The molecule has 364 valence electrons. The zero-order valence-corrected chi connectivity index (χ0v) is 50.6. The minimum absolute atomic E-state index is 0. The number of rotatable bonds is 13. The molecular weight excluding hydrogens is 1100 g/mol. The summed E-state index contributed by atoms with van der Waals surface area (Å²) in [5.74, 6) is -2.57. The number of carbonyl (C=O) groups excluding carboxylic acids is 2. The van der Waals surface area contributed by atoms with Gasteiger partial charge in [0.1, 0.15) is 57.6 Å². The molecule has 26 nitrogen and oxygen atoms in total. The van der Waals surface area contributed by atoms with E-state index in [9.17, 15) is 61.5 Å². The van der Waals surface area contributed by atoms with Gasteiger partial charge in [0.15, 0.2) is 0 Å². The second kappa shape index (κ2) is 25.3. The van der Waals surface area contributed by atoms with E-state index in [-0.39, 0.29) is 185 Å². The molecule has 0 amide bonds. The number of morpholine rings is 1. The van der Waals surface area contributed by atoms with Crippen molar-refractivity contribution in [3.63, 3.8) is 0 Å². The fourth-order valence-corrected chi connectivity index (χ4v) is 9.46. The van der Waals surface area contributed by atoms with Gasteiger partial charge in [0.25, 0.3) is 0 Å². The smallest absolute Gasteiger partial charge is 0.744 e. The van der Waals surface area contributed by atoms with Gasteiger partial charge in [0, 0.05) is 24.3 Å². The van der Waals surface area contributed by atoms with Crippen molar-refractivity contribution >= 4 is 110 Å². The number of H-pyrrole nitrogens is 1. The number of hydrogen-bond donors (Lipinski definition) is 4. The van der Waals surface area contributed by atoms with Crippen LogP contribution in [-0.4, -0.2) is 123 Å². The van der Waals surface area contributed by atoms with E-state index < -0.39 is 111 Å². The van der Waals surface area contributed by atoms with E-state index in [1.54, 1.807) is 23.1 Å². The Morgan fingerprint density at radius 1 is 0.676 bits per heavy atom. The molecule has 0 spiro atoms. The van der Waals surface area contributed by atoms with Crippen LogP contribution in [0.25, 0.3) is 12.2 Å². The van der Waals surface area contributed by atoms with Gasteiger partial charge in [-0.1, -0.05) is 18.2 Å². The second-order valence-corrected chi connectivity index (χ2v) is 20.2. The Morgan fingerprint density at radius 3 is 1.91 bits per heavy atom. The fourth-order valence-electron chi connectivity index (χ4n) is 7.00. The minimum atomic E-state index is -5.48. The van der Waals surface area contributed by atoms with Gasteiger partial charge >= 0.3 is 118 Å². The van der Waals surface area contributed by atoms with Crippen molar-refractivity contribution < 1.29 is 189 Å². The van der Waals surface area contributed by atoms with Gasteiger partial charge in [0.2, 0.25) is 29.1 Å². The third kappa shape index (κ3) is 14.5. The standard InChI is InChI=1S/C40H34N10O16S4.4Na/c1-65-25-8-10-28(30(19-25)68(56,57)58)47-49-34-31(69(59,60)61)17-21-15-24(7-9-27(21)36(34)51)41-38-43-39(45-40(44-38)50-11-13-66-14-12-50)42-29-20-26(67(53,54)55)16-22-18-32(70(62,63)64)35(37(52)33(22)29)48-46-23-5-3-2-4-6-23;;;;/h2-10,15-20,46-47H,11-14H2,1H3,(H,53,54,55)(H,56,57,58)(H,59,60,61)(H,62,63,64)(H2,41,42,43,44,45);;;;/q;4*+1/p-4/b48-35+,49-34+;;;;. The first-order valence-electron chi connectivity index (χ1n) is 19.7. The van der Waals surface area contributed by atoms with E-state index in [2.05, 4.69) is 46.3 Å². The number of aromatic amines is 1. The van der Waals surface area contributed by atoms with Crippen molar-refractivity contribution in [2.75, 3.05) is 54.5 Å². The molecule has 1 saturated heterocycles. The van der Waals surface area contributed by atoms with Gasteiger partial charge in [-0.15, -0.1) is 0 Å². The van der Waals surface area contributed by atoms with Crippen molar-refractivity contribution in [1.29, 1.82) is 0 Å². The molecule has 1 fully saturated rings. The second-order valence-electron chi connectivity index (χ2n) is 14.7. The van der Waals surface area contributed by atoms with Gasteiger partial charge in [-0.05, 0) is 83.9 Å². The van der Waals surface area contributed by atoms with Gasteiger partial charge in [-0.25, -0.2) is 38.7 Å². The number of hydrogen-bond acceptors (Lipinski definition) is 25. The molecule has 0 saturated carbocycles. The molecule has 0 bridgehead atoms. The average molecular weight is 1130 g/mol. The van der Waals surface area contributed by atoms with Crippen molar-refractivity contribution in [2.24, 2.45) is 15.2 Å². The summed E-state index contributed by atoms with van der Waals surface area (Å²) in [7, 11) is -20.3. The van der Waals surface area contributed by atoms with E-state index in [0.29, 0.717) is 12.1 Å². The fraction of sp³-hybridized carbons (Fsp3) is 0.125. The summed E-state index contributed by atoms with van der Waals surface area (Å²) in [6, 6.07) is 16.2. The molecule has 8 rings (SSSR count). The third-order valence-corrected chi connectivity index (χ3v) is 13.6. The van der Waals surface area contributed by atoms with E-state index in [1.165, 1.54) is 43.5 Å². The Balaban J connectivity index is 0.00000296. The molecule has 1 aliphatic heterocycles. The molecule has 4 N–H and O–H groups in total. The quantitative estimate of drug-likeness (QED) is 0.0483. The van der Waals surface area contributed by atoms with E-state index in [1.807, 2.05) is 0 Å². The van der Waals surface area contributed by atoms with Gasteiger partial charge in [-0.2, -0.15) is 20.2 Å². The molecule has 0 unspecified atom stereocenters. The summed E-state index contributed by atoms with van der Waals surface area (Å²) >= 11 is 0. The number of Topliss-reactive ketones (excluding diaryl/α,β-unsaturated/α-hetero) is 2. The minimum Gasteiger partial charge on any atom is -0.744 e. The van der Waals surface area contributed by atoms with Crippen LogP contribution in [0.2, 0.25) is 0 Å². The largest absolute Gasteiger partial charge is 1.00 e. The Bertz CT molecular complexity index is 3730. The van der Waals surface area contributed by atoms with Crippen LogP contribution in [-0.2, 0) is 45.2 Å². The number of nitrogens with one attached hydrogen (secondary N) is 4. The zero-order chi connectivity index (χ0) is 50.3. The number of para-hydroxylation sites is 1. The maximum Gasteiger partial charge on any atom is 1.00 e. The molecule has 0 atom stereocenters. The van der Waals surface area contributed by atoms with Crippen molar-refractivity contribution in [3.8, 4) is 5.75 Å². The van der Waals surface area contributed by atoms with Crippen molar-refractivity contribution in [2.45, 2.75) is 9.79 Å². The number of carbonyl (C=O) groups is 2. The van der Waals surface area contributed by atoms with E-state index in [4.69, 9.17) is 9.47 Å². The number of ketones is 2. The average Bonchev–Trinajstić information content (AvgIpc) is 3.30. The number of hydrazone groups is 2. The van der Waals surface area contributed by atoms with Crippen LogP contribution in [0.3, 0.4) is 0 Å². The predicted octanol–water partition coefficient (Wildman–Crippen LogP) is -10.4. The summed E-state index contributed by atoms with van der Waals surface area (Å²) in [4.78, 5) is 41.6. The maximum atomic E-state index is 14.2. The van der Waals surface area contributed by atoms with E-state index in [0.717, 1.165) is 24.3 Å². The number of nitrogens with zero attached hydrogens (tertiary/aromatic N) is 6. The van der Waals surface area contributed by atoms with Crippen LogP contribution in [0, 0.1) is 0 Å². The number of allylic oxidation sites excluding steroid dienone is 2. The molecule has 1 aromatic heterocycles. The van der Waals surface area contributed by atoms with Gasteiger partial charge < -0.3 is 37.9 Å². The third-order valence-electron chi connectivity index (χ3n) is 10.2. The molecule has 2 aliphatic carbocycles. The zero-order valence-electron chi connectivity index (χ0n) is 39.3. The Kier molecular flexibility index (Phi) is 21.5. The number of methoxy groups -OCH3 is 1. The first-order chi connectivity index (χ1) is 33.0. The monoisotopic (exact) mass is 1130 g/mol. The Morgan fingerprint density at radius 2 is 1.30 bits per heavy atom. The summed E-state index contributed by atoms with van der Waals surface area (Å²) < 4.78 is 159. The summed E-state index contributed by atoms with van der Waals surface area (Å²) in [6.07, 6.45) is 1.50. The van der Waals surface area contributed by atoms with Crippen LogP contribution in [0.4, 0.5) is 34.6 Å². The first kappa shape index (κ1) is 63.0. The van der Waals surface area contributed by atoms with Crippen molar-refractivity contribution in [3.05, 3.63) is 117 Å². The molecule has 4 aromatic carbocycles. The van der Waals surface area contributed by atoms with Crippen molar-refractivity contribution in [1.82, 2.24) is 15.0 Å². The topological polar surface area (TPSA) is 399 Å². The van der Waals surface area contributed by atoms with Gasteiger partial charge in [0.05, 0.1) is 62.6 Å². The van der Waals surface area contributed by atoms with E-state index >= 15 is 0 Å². The van der Waals surface area contributed by atoms with Crippen LogP contribution < -0.4 is 150 Å². The van der Waals surface area contributed by atoms with Crippen LogP contribution in [0.15, 0.2) is 114 Å². The predicted molar refractivity (Wildman–Crippen MR) is 242 cm³/mol. The summed E-state index contributed by atoms with van der Waals surface area (Å²) in [5.41, 5.74) is 0.440. The molecule has 5 aromatic rings. The van der Waals surface area contributed by atoms with Gasteiger partial charge in [-0.3, -0.25) is 25.4 Å². The van der Waals surface area contributed by atoms with Crippen LogP contribution >= 0.6 is 0 Å². The number of fused-ring (bicyclic) bond motifs is 2. The summed E-state index contributed by atoms with van der Waals surface area (Å²) in [5, 5.41) is 10.5.